The average molecular weight is 342 g/mol. The van der Waals surface area contributed by atoms with Gasteiger partial charge in [0, 0.05) is 0 Å². The standard InChI is InChI=1S/C18H15F5O/c1-2-3-4-5-12-6-8-13(9-7-12)14-10-15(19)17(16(20)11-14)24-18(21,22)23/h2,6-11H,1,3-5H2. The number of unbranched alkanes of at least 4 members (excludes halogenated alkanes) is 1. The Morgan fingerprint density at radius 1 is 0.958 bits per heavy atom. The predicted molar refractivity (Wildman–Crippen MR) is 81.6 cm³/mol. The van der Waals surface area contributed by atoms with Gasteiger partial charge in [0.25, 0.3) is 0 Å². The summed E-state index contributed by atoms with van der Waals surface area (Å²) in [7, 11) is 0. The van der Waals surface area contributed by atoms with Crippen LogP contribution in [0, 0.1) is 11.6 Å². The molecule has 0 fully saturated rings. The fourth-order valence-electron chi connectivity index (χ4n) is 2.25. The van der Waals surface area contributed by atoms with Crippen LogP contribution in [0.5, 0.6) is 5.75 Å². The van der Waals surface area contributed by atoms with Gasteiger partial charge in [-0.1, -0.05) is 30.3 Å². The molecule has 0 radical (unpaired) electrons. The van der Waals surface area contributed by atoms with Gasteiger partial charge >= 0.3 is 6.36 Å². The first-order valence-electron chi connectivity index (χ1n) is 7.25. The Kier molecular flexibility index (Phi) is 5.59. The van der Waals surface area contributed by atoms with Crippen LogP contribution in [0.1, 0.15) is 18.4 Å². The minimum Gasteiger partial charge on any atom is -0.399 e. The first kappa shape index (κ1) is 18.0. The van der Waals surface area contributed by atoms with Crippen LogP contribution in [0.4, 0.5) is 22.0 Å². The lowest BCUT2D eigenvalue weighted by atomic mass is 10.0. The van der Waals surface area contributed by atoms with Gasteiger partial charge in [0.2, 0.25) is 5.75 Å². The van der Waals surface area contributed by atoms with Crippen molar-refractivity contribution in [2.45, 2.75) is 25.6 Å². The van der Waals surface area contributed by atoms with E-state index >= 15 is 0 Å². The number of aryl methyl sites for hydroxylation is 1. The van der Waals surface area contributed by atoms with Gasteiger partial charge in [-0.05, 0) is 48.1 Å². The van der Waals surface area contributed by atoms with E-state index < -0.39 is 23.7 Å². The molecule has 0 bridgehead atoms. The van der Waals surface area contributed by atoms with Crippen LogP contribution < -0.4 is 4.74 Å². The summed E-state index contributed by atoms with van der Waals surface area (Å²) >= 11 is 0. The van der Waals surface area contributed by atoms with Crippen molar-refractivity contribution < 1.29 is 26.7 Å². The largest absolute Gasteiger partial charge is 0.573 e. The van der Waals surface area contributed by atoms with E-state index in [2.05, 4.69) is 11.3 Å². The second-order valence-electron chi connectivity index (χ2n) is 5.19. The third kappa shape index (κ3) is 4.81. The molecule has 0 saturated carbocycles. The number of hydrogen-bond donors (Lipinski definition) is 0. The molecule has 0 aliphatic rings. The first-order chi connectivity index (χ1) is 11.3. The molecule has 0 atom stereocenters. The van der Waals surface area contributed by atoms with E-state index in [1.165, 1.54) is 0 Å². The van der Waals surface area contributed by atoms with Crippen LogP contribution >= 0.6 is 0 Å². The third-order valence-corrected chi connectivity index (χ3v) is 3.38. The van der Waals surface area contributed by atoms with E-state index in [1.54, 1.807) is 12.1 Å². The summed E-state index contributed by atoms with van der Waals surface area (Å²) < 4.78 is 67.2. The predicted octanol–water partition coefficient (Wildman–Crippen LogP) is 6.04. The molecule has 0 unspecified atom stereocenters. The number of allylic oxidation sites excluding steroid dienone is 1. The molecule has 0 heterocycles. The molecule has 2 aromatic rings. The minimum absolute atomic E-state index is 0.136. The Labute approximate surface area is 136 Å². The van der Waals surface area contributed by atoms with Crippen molar-refractivity contribution in [1.82, 2.24) is 0 Å². The normalized spacial score (nSPS) is 11.4. The highest BCUT2D eigenvalue weighted by molar-refractivity contribution is 5.65. The lowest BCUT2D eigenvalue weighted by Crippen LogP contribution is -2.19. The highest BCUT2D eigenvalue weighted by atomic mass is 19.4. The van der Waals surface area contributed by atoms with Crippen molar-refractivity contribution in [3.05, 3.63) is 66.3 Å². The zero-order valence-electron chi connectivity index (χ0n) is 12.7. The molecule has 0 saturated heterocycles. The number of benzene rings is 2. The summed E-state index contributed by atoms with van der Waals surface area (Å²) in [5, 5.41) is 0. The molecular weight excluding hydrogens is 327 g/mol. The topological polar surface area (TPSA) is 9.23 Å². The van der Waals surface area contributed by atoms with Gasteiger partial charge in [-0.2, -0.15) is 0 Å². The zero-order valence-corrected chi connectivity index (χ0v) is 12.7. The molecule has 0 aromatic heterocycles. The highest BCUT2D eigenvalue weighted by Crippen LogP contribution is 2.32. The Bertz CT molecular complexity index is 681. The fourth-order valence-corrected chi connectivity index (χ4v) is 2.25. The molecule has 0 aliphatic carbocycles. The quantitative estimate of drug-likeness (QED) is 0.353. The van der Waals surface area contributed by atoms with E-state index in [1.807, 2.05) is 18.2 Å². The summed E-state index contributed by atoms with van der Waals surface area (Å²) in [5.74, 6) is -4.26. The molecule has 24 heavy (non-hydrogen) atoms. The van der Waals surface area contributed by atoms with E-state index in [0.717, 1.165) is 37.0 Å². The highest BCUT2D eigenvalue weighted by Gasteiger charge is 2.34. The number of ether oxygens (including phenoxy) is 1. The number of alkyl halides is 3. The molecule has 0 N–H and O–H groups in total. The first-order valence-corrected chi connectivity index (χ1v) is 7.25. The summed E-state index contributed by atoms with van der Waals surface area (Å²) in [5.41, 5.74) is 1.69. The van der Waals surface area contributed by atoms with Gasteiger partial charge < -0.3 is 4.74 Å². The Balaban J connectivity index is 2.22. The second kappa shape index (κ2) is 7.47. The second-order valence-corrected chi connectivity index (χ2v) is 5.19. The van der Waals surface area contributed by atoms with Crippen LogP contribution in [0.15, 0.2) is 49.1 Å². The number of rotatable bonds is 6. The van der Waals surface area contributed by atoms with Crippen LogP contribution in [0.3, 0.4) is 0 Å². The molecule has 2 aromatic carbocycles. The molecule has 0 aliphatic heterocycles. The van der Waals surface area contributed by atoms with Crippen molar-refractivity contribution in [1.29, 1.82) is 0 Å². The van der Waals surface area contributed by atoms with Crippen LogP contribution in [0.2, 0.25) is 0 Å². The molecule has 1 nitrogen and oxygen atoms in total. The van der Waals surface area contributed by atoms with Gasteiger partial charge in [-0.3, -0.25) is 0 Å². The van der Waals surface area contributed by atoms with E-state index in [4.69, 9.17) is 0 Å². The van der Waals surface area contributed by atoms with Gasteiger partial charge in [0.05, 0.1) is 0 Å². The number of hydrogen-bond acceptors (Lipinski definition) is 1. The van der Waals surface area contributed by atoms with Crippen molar-refractivity contribution in [2.75, 3.05) is 0 Å². The van der Waals surface area contributed by atoms with Gasteiger partial charge in [0.15, 0.2) is 11.6 Å². The van der Waals surface area contributed by atoms with Crippen LogP contribution in [0.25, 0.3) is 11.1 Å². The molecule has 0 amide bonds. The van der Waals surface area contributed by atoms with E-state index in [-0.39, 0.29) is 5.56 Å². The van der Waals surface area contributed by atoms with Crippen molar-refractivity contribution in [3.8, 4) is 16.9 Å². The van der Waals surface area contributed by atoms with E-state index in [9.17, 15) is 22.0 Å². The Morgan fingerprint density at radius 2 is 1.54 bits per heavy atom. The van der Waals surface area contributed by atoms with Crippen molar-refractivity contribution >= 4 is 0 Å². The van der Waals surface area contributed by atoms with Gasteiger partial charge in [-0.25, -0.2) is 8.78 Å². The monoisotopic (exact) mass is 342 g/mol. The lowest BCUT2D eigenvalue weighted by Gasteiger charge is -2.12. The lowest BCUT2D eigenvalue weighted by molar-refractivity contribution is -0.276. The molecule has 0 spiro atoms. The Hall–Kier alpha value is -2.37. The molecule has 128 valence electrons. The summed E-state index contributed by atoms with van der Waals surface area (Å²) in [6, 6.07) is 8.60. The fraction of sp³-hybridized carbons (Fsp3) is 0.222. The van der Waals surface area contributed by atoms with Crippen molar-refractivity contribution in [2.24, 2.45) is 0 Å². The minimum atomic E-state index is -5.16. The summed E-state index contributed by atoms with van der Waals surface area (Å²) in [6.45, 7) is 3.64. The maximum Gasteiger partial charge on any atom is 0.573 e. The van der Waals surface area contributed by atoms with Gasteiger partial charge in [0.1, 0.15) is 0 Å². The maximum atomic E-state index is 13.7. The van der Waals surface area contributed by atoms with Crippen molar-refractivity contribution in [3.63, 3.8) is 0 Å². The maximum absolute atomic E-state index is 13.7. The van der Waals surface area contributed by atoms with Gasteiger partial charge in [-0.15, -0.1) is 19.8 Å². The Morgan fingerprint density at radius 3 is 2.04 bits per heavy atom. The van der Waals surface area contributed by atoms with E-state index in [0.29, 0.717) is 5.56 Å². The zero-order chi connectivity index (χ0) is 17.7. The molecule has 2 rings (SSSR count). The summed E-state index contributed by atoms with van der Waals surface area (Å²) in [4.78, 5) is 0. The molecule has 6 heteroatoms. The average Bonchev–Trinajstić information content (AvgIpc) is 2.51. The number of halogens is 5. The third-order valence-electron chi connectivity index (χ3n) is 3.38. The SMILES string of the molecule is C=CCCCc1ccc(-c2cc(F)c(OC(F)(F)F)c(F)c2)cc1. The molecular formula is C18H15F5O. The van der Waals surface area contributed by atoms with Crippen LogP contribution in [-0.4, -0.2) is 6.36 Å². The summed E-state index contributed by atoms with van der Waals surface area (Å²) in [6.07, 6.45) is -0.664. The van der Waals surface area contributed by atoms with Crippen LogP contribution in [-0.2, 0) is 6.42 Å². The smallest absolute Gasteiger partial charge is 0.399 e.